The van der Waals surface area contributed by atoms with Crippen LogP contribution in [0.4, 0.5) is 10.1 Å². The van der Waals surface area contributed by atoms with E-state index in [4.69, 9.17) is 0 Å². The number of rotatable bonds is 4. The Hall–Kier alpha value is -3.28. The number of amidine groups is 2. The molecule has 27 heavy (non-hydrogen) atoms. The fourth-order valence-corrected chi connectivity index (χ4v) is 2.68. The average molecular weight is 364 g/mol. The van der Waals surface area contributed by atoms with Crippen molar-refractivity contribution in [3.8, 4) is 0 Å². The summed E-state index contributed by atoms with van der Waals surface area (Å²) < 4.78 is 13.0. The zero-order chi connectivity index (χ0) is 19.2. The van der Waals surface area contributed by atoms with Crippen LogP contribution in [0.15, 0.2) is 70.3 Å². The second-order valence-corrected chi connectivity index (χ2v) is 6.27. The van der Waals surface area contributed by atoms with E-state index >= 15 is 0 Å². The third kappa shape index (κ3) is 5.10. The molecule has 0 aromatic heterocycles. The van der Waals surface area contributed by atoms with E-state index in [1.54, 1.807) is 25.3 Å². The number of carbonyl (C=O) groups excluding carboxylic acids is 1. The largest absolute Gasteiger partial charge is 0.379 e. The van der Waals surface area contributed by atoms with Gasteiger partial charge in [0.25, 0.3) is 0 Å². The van der Waals surface area contributed by atoms with Crippen LogP contribution in [0.2, 0.25) is 0 Å². The van der Waals surface area contributed by atoms with Gasteiger partial charge in [0.15, 0.2) is 11.6 Å². The van der Waals surface area contributed by atoms with Gasteiger partial charge in [-0.05, 0) is 31.2 Å². The summed E-state index contributed by atoms with van der Waals surface area (Å²) in [5.41, 5.74) is 3.52. The summed E-state index contributed by atoms with van der Waals surface area (Å²) in [6.07, 6.45) is 1.76. The van der Waals surface area contributed by atoms with E-state index in [9.17, 15) is 9.18 Å². The summed E-state index contributed by atoms with van der Waals surface area (Å²) in [6.45, 7) is 2.42. The Balaban J connectivity index is 1.71. The van der Waals surface area contributed by atoms with Gasteiger partial charge in [0.1, 0.15) is 11.7 Å². The summed E-state index contributed by atoms with van der Waals surface area (Å²) in [5.74, 6) is 0.808. The number of ketones is 1. The fraction of sp³-hybridized carbons (Fsp3) is 0.190. The van der Waals surface area contributed by atoms with Gasteiger partial charge in [-0.25, -0.2) is 9.38 Å². The molecule has 0 amide bonds. The molecule has 5 nitrogen and oxygen atoms in total. The van der Waals surface area contributed by atoms with Crippen molar-refractivity contribution in [2.45, 2.75) is 13.3 Å². The van der Waals surface area contributed by atoms with Gasteiger partial charge in [-0.3, -0.25) is 9.79 Å². The lowest BCUT2D eigenvalue weighted by Gasteiger charge is -2.18. The number of allylic oxidation sites excluding steroid dienone is 1. The molecule has 2 N–H and O–H groups in total. The molecule has 1 heterocycles. The number of anilines is 1. The van der Waals surface area contributed by atoms with Gasteiger partial charge in [-0.1, -0.05) is 29.8 Å². The molecule has 0 aliphatic carbocycles. The van der Waals surface area contributed by atoms with E-state index in [0.29, 0.717) is 23.9 Å². The molecule has 0 unspecified atom stereocenters. The van der Waals surface area contributed by atoms with Gasteiger partial charge in [-0.15, -0.1) is 0 Å². The molecule has 0 fully saturated rings. The molecule has 2 aromatic rings. The minimum Gasteiger partial charge on any atom is -0.379 e. The first-order valence-electron chi connectivity index (χ1n) is 8.65. The van der Waals surface area contributed by atoms with Gasteiger partial charge in [-0.2, -0.15) is 0 Å². The molecule has 6 heteroatoms. The second kappa shape index (κ2) is 8.40. The highest BCUT2D eigenvalue weighted by atomic mass is 19.1. The number of aliphatic imine (C=N–C) groups is 2. The highest BCUT2D eigenvalue weighted by molar-refractivity contribution is 6.14. The number of nitrogens with one attached hydrogen (secondary N) is 2. The Morgan fingerprint density at radius 2 is 1.85 bits per heavy atom. The number of carbonyl (C=O) groups is 1. The zero-order valence-electron chi connectivity index (χ0n) is 15.3. The highest BCUT2D eigenvalue weighted by Crippen LogP contribution is 2.11. The highest BCUT2D eigenvalue weighted by Gasteiger charge is 2.16. The number of hydrogen-bond donors (Lipinski definition) is 2. The van der Waals surface area contributed by atoms with Crippen molar-refractivity contribution in [2.24, 2.45) is 9.98 Å². The standard InChI is InChI=1S/C21H21FN4O/c1-14-3-5-15(6-4-14)21(23-2)26-20-12-19(27)11-18(25-20)13-24-17-9-7-16(22)8-10-17/h3-11,24H,12-13H2,1-2H3,(H,23,25,26). The normalized spacial score (nSPS) is 16.1. The third-order valence-electron chi connectivity index (χ3n) is 4.07. The Kier molecular flexibility index (Phi) is 5.76. The van der Waals surface area contributed by atoms with E-state index in [2.05, 4.69) is 20.6 Å². The SMILES string of the molecule is CN=C(N=C1CC(=O)C=C(CNc2ccc(F)cc2)N1)c1ccc(C)cc1. The minimum atomic E-state index is -0.289. The van der Waals surface area contributed by atoms with Gasteiger partial charge < -0.3 is 10.6 Å². The average Bonchev–Trinajstić information content (AvgIpc) is 2.66. The van der Waals surface area contributed by atoms with Crippen molar-refractivity contribution < 1.29 is 9.18 Å². The van der Waals surface area contributed by atoms with Crippen LogP contribution in [0, 0.1) is 12.7 Å². The maximum Gasteiger partial charge on any atom is 0.164 e. The van der Waals surface area contributed by atoms with Crippen LogP contribution < -0.4 is 10.6 Å². The molecule has 0 spiro atoms. The zero-order valence-corrected chi connectivity index (χ0v) is 15.3. The number of hydrogen-bond acceptors (Lipinski definition) is 3. The quantitative estimate of drug-likeness (QED) is 0.645. The lowest BCUT2D eigenvalue weighted by Crippen LogP contribution is -2.34. The summed E-state index contributed by atoms with van der Waals surface area (Å²) in [5, 5.41) is 6.34. The van der Waals surface area contributed by atoms with Gasteiger partial charge in [0.05, 0.1) is 13.0 Å². The Morgan fingerprint density at radius 1 is 1.15 bits per heavy atom. The van der Waals surface area contributed by atoms with E-state index in [0.717, 1.165) is 16.8 Å². The molecular weight excluding hydrogens is 343 g/mol. The Morgan fingerprint density at radius 3 is 2.52 bits per heavy atom. The smallest absolute Gasteiger partial charge is 0.164 e. The maximum atomic E-state index is 13.0. The summed E-state index contributed by atoms with van der Waals surface area (Å²) in [6, 6.07) is 14.0. The van der Waals surface area contributed by atoms with Crippen molar-refractivity contribution >= 4 is 23.1 Å². The van der Waals surface area contributed by atoms with Crippen LogP contribution in [0.1, 0.15) is 17.5 Å². The van der Waals surface area contributed by atoms with Crippen LogP contribution in [0.25, 0.3) is 0 Å². The van der Waals surface area contributed by atoms with Gasteiger partial charge in [0, 0.05) is 30.1 Å². The lowest BCUT2D eigenvalue weighted by atomic mass is 10.1. The van der Waals surface area contributed by atoms with Crippen LogP contribution in [0.3, 0.4) is 0 Å². The topological polar surface area (TPSA) is 65.8 Å². The van der Waals surface area contributed by atoms with Crippen molar-refractivity contribution in [3.05, 3.63) is 77.2 Å². The molecule has 1 aliphatic rings. The molecule has 0 saturated carbocycles. The van der Waals surface area contributed by atoms with E-state index in [-0.39, 0.29) is 18.0 Å². The molecule has 1 aliphatic heterocycles. The molecule has 0 bridgehead atoms. The van der Waals surface area contributed by atoms with E-state index < -0.39 is 0 Å². The summed E-state index contributed by atoms with van der Waals surface area (Å²) in [7, 11) is 1.68. The van der Waals surface area contributed by atoms with Gasteiger partial charge >= 0.3 is 0 Å². The summed E-state index contributed by atoms with van der Waals surface area (Å²) in [4.78, 5) is 20.9. The van der Waals surface area contributed by atoms with Crippen LogP contribution in [-0.2, 0) is 4.79 Å². The first-order valence-corrected chi connectivity index (χ1v) is 8.65. The van der Waals surface area contributed by atoms with E-state index in [1.165, 1.54) is 12.1 Å². The van der Waals surface area contributed by atoms with Gasteiger partial charge in [0.2, 0.25) is 0 Å². The molecule has 3 rings (SSSR count). The van der Waals surface area contributed by atoms with Crippen molar-refractivity contribution in [1.29, 1.82) is 0 Å². The predicted molar refractivity (Wildman–Crippen MR) is 107 cm³/mol. The molecule has 0 atom stereocenters. The molecule has 0 radical (unpaired) electrons. The number of aryl methyl sites for hydroxylation is 1. The van der Waals surface area contributed by atoms with Crippen LogP contribution >= 0.6 is 0 Å². The molecular formula is C21H21FN4O. The number of nitrogens with zero attached hydrogens (tertiary/aromatic N) is 2. The Bertz CT molecular complexity index is 912. The van der Waals surface area contributed by atoms with E-state index in [1.807, 2.05) is 31.2 Å². The Labute approximate surface area is 157 Å². The monoisotopic (exact) mass is 364 g/mol. The number of benzene rings is 2. The summed E-state index contributed by atoms with van der Waals surface area (Å²) >= 11 is 0. The minimum absolute atomic E-state index is 0.0252. The molecule has 2 aromatic carbocycles. The van der Waals surface area contributed by atoms with Crippen LogP contribution in [0.5, 0.6) is 0 Å². The maximum absolute atomic E-state index is 13.0. The first-order chi connectivity index (χ1) is 13.0. The van der Waals surface area contributed by atoms with Crippen molar-refractivity contribution in [2.75, 3.05) is 18.9 Å². The van der Waals surface area contributed by atoms with Crippen LogP contribution in [-0.4, -0.2) is 31.0 Å². The third-order valence-corrected chi connectivity index (χ3v) is 4.07. The second-order valence-electron chi connectivity index (χ2n) is 6.27. The fourth-order valence-electron chi connectivity index (χ4n) is 2.68. The number of halogens is 1. The first kappa shape index (κ1) is 18.5. The van der Waals surface area contributed by atoms with Crippen molar-refractivity contribution in [1.82, 2.24) is 5.32 Å². The predicted octanol–water partition coefficient (Wildman–Crippen LogP) is 3.47. The van der Waals surface area contributed by atoms with Crippen molar-refractivity contribution in [3.63, 3.8) is 0 Å². The molecule has 138 valence electrons. The molecule has 0 saturated heterocycles. The lowest BCUT2D eigenvalue weighted by molar-refractivity contribution is -0.113.